The topological polar surface area (TPSA) is 15.3 Å². The van der Waals surface area contributed by atoms with Crippen LogP contribution in [-0.4, -0.2) is 13.6 Å². The molecule has 0 aliphatic rings. The number of nitrogens with one attached hydrogen (secondary N) is 1. The summed E-state index contributed by atoms with van der Waals surface area (Å²) in [5.41, 5.74) is 2.91. The molecule has 0 saturated heterocycles. The van der Waals surface area contributed by atoms with Gasteiger partial charge in [0.25, 0.3) is 0 Å². The van der Waals surface area contributed by atoms with Crippen molar-refractivity contribution in [2.75, 3.05) is 18.5 Å². The summed E-state index contributed by atoms with van der Waals surface area (Å²) in [4.78, 5) is 2.10. The predicted molar refractivity (Wildman–Crippen MR) is 92.5 cm³/mol. The summed E-state index contributed by atoms with van der Waals surface area (Å²) < 4.78 is 15.2. The van der Waals surface area contributed by atoms with Crippen molar-refractivity contribution in [3.05, 3.63) is 50.4 Å². The fraction of sp³-hybridized carbons (Fsp3) is 0.375. The van der Waals surface area contributed by atoms with E-state index in [1.807, 2.05) is 13.1 Å². The van der Waals surface area contributed by atoms with E-state index in [4.69, 9.17) is 0 Å². The standard InChI is InChI=1S/C16H20BrFN2S/c1-3-7-19-9-13-14(18)5-4-6-15(13)20(2)10-12-8-16(17)21-11-12/h4-6,8,11,19H,3,7,9-10H2,1-2H3. The SMILES string of the molecule is CCCNCc1c(F)cccc1N(C)Cc1csc(Br)c1. The molecule has 114 valence electrons. The van der Waals surface area contributed by atoms with Crippen LogP contribution in [0.1, 0.15) is 24.5 Å². The highest BCUT2D eigenvalue weighted by Crippen LogP contribution is 2.26. The van der Waals surface area contributed by atoms with Gasteiger partial charge in [0.05, 0.1) is 3.79 Å². The van der Waals surface area contributed by atoms with Crippen LogP contribution in [0, 0.1) is 5.82 Å². The summed E-state index contributed by atoms with van der Waals surface area (Å²) in [6.45, 7) is 4.34. The van der Waals surface area contributed by atoms with Crippen molar-refractivity contribution in [1.82, 2.24) is 5.32 Å². The summed E-state index contributed by atoms with van der Waals surface area (Å²) in [7, 11) is 2.00. The maximum absolute atomic E-state index is 14.1. The minimum absolute atomic E-state index is 0.144. The largest absolute Gasteiger partial charge is 0.370 e. The molecule has 2 nitrogen and oxygen atoms in total. The number of hydrogen-bond donors (Lipinski definition) is 1. The van der Waals surface area contributed by atoms with Crippen LogP contribution < -0.4 is 10.2 Å². The quantitative estimate of drug-likeness (QED) is 0.705. The third-order valence-corrected chi connectivity index (χ3v) is 4.83. The summed E-state index contributed by atoms with van der Waals surface area (Å²) in [5, 5.41) is 5.40. The molecule has 0 unspecified atom stereocenters. The van der Waals surface area contributed by atoms with Crippen molar-refractivity contribution in [2.45, 2.75) is 26.4 Å². The number of benzene rings is 1. The number of nitrogens with zero attached hydrogens (tertiary/aromatic N) is 1. The van der Waals surface area contributed by atoms with Gasteiger partial charge < -0.3 is 10.2 Å². The van der Waals surface area contributed by atoms with Gasteiger partial charge in [-0.1, -0.05) is 13.0 Å². The lowest BCUT2D eigenvalue weighted by atomic mass is 10.1. The molecule has 1 N–H and O–H groups in total. The van der Waals surface area contributed by atoms with Gasteiger partial charge in [-0.2, -0.15) is 0 Å². The first-order valence-corrected chi connectivity index (χ1v) is 8.71. The number of rotatable bonds is 7. The molecule has 0 radical (unpaired) electrons. The van der Waals surface area contributed by atoms with Crippen molar-refractivity contribution in [2.24, 2.45) is 0 Å². The smallest absolute Gasteiger partial charge is 0.129 e. The molecule has 2 rings (SSSR count). The normalized spacial score (nSPS) is 10.9. The van der Waals surface area contributed by atoms with E-state index in [1.165, 1.54) is 11.6 Å². The van der Waals surface area contributed by atoms with Crippen LogP contribution in [0.4, 0.5) is 10.1 Å². The first-order valence-electron chi connectivity index (χ1n) is 7.04. The molecule has 0 aliphatic carbocycles. The Labute approximate surface area is 138 Å². The molecule has 5 heteroatoms. The number of thiophene rings is 1. The van der Waals surface area contributed by atoms with Crippen LogP contribution in [0.25, 0.3) is 0 Å². The number of halogens is 2. The molecule has 0 amide bonds. The first kappa shape index (κ1) is 16.5. The minimum Gasteiger partial charge on any atom is -0.370 e. The van der Waals surface area contributed by atoms with Crippen LogP contribution in [0.2, 0.25) is 0 Å². The average Bonchev–Trinajstić information content (AvgIpc) is 2.86. The zero-order valence-electron chi connectivity index (χ0n) is 12.3. The van der Waals surface area contributed by atoms with Gasteiger partial charge in [0, 0.05) is 31.4 Å². The molecule has 1 aromatic heterocycles. The van der Waals surface area contributed by atoms with Crippen molar-refractivity contribution in [1.29, 1.82) is 0 Å². The van der Waals surface area contributed by atoms with Gasteiger partial charge >= 0.3 is 0 Å². The van der Waals surface area contributed by atoms with Crippen LogP contribution >= 0.6 is 27.3 Å². The van der Waals surface area contributed by atoms with Crippen LogP contribution in [-0.2, 0) is 13.1 Å². The molecule has 0 saturated carbocycles. The van der Waals surface area contributed by atoms with Crippen LogP contribution in [0.15, 0.2) is 33.4 Å². The van der Waals surface area contributed by atoms with Gasteiger partial charge in [0.15, 0.2) is 0 Å². The third kappa shape index (κ3) is 4.53. The summed E-state index contributed by atoms with van der Waals surface area (Å²) in [6, 6.07) is 7.39. The second kappa shape index (κ2) is 7.92. The molecule has 0 bridgehead atoms. The Morgan fingerprint density at radius 1 is 1.38 bits per heavy atom. The van der Waals surface area contributed by atoms with Crippen molar-refractivity contribution in [3.8, 4) is 0 Å². The Balaban J connectivity index is 2.15. The molecule has 0 fully saturated rings. The lowest BCUT2D eigenvalue weighted by Crippen LogP contribution is -2.22. The Kier molecular flexibility index (Phi) is 6.21. The Morgan fingerprint density at radius 3 is 2.86 bits per heavy atom. The zero-order valence-corrected chi connectivity index (χ0v) is 14.7. The predicted octanol–water partition coefficient (Wildman–Crippen LogP) is 4.79. The lowest BCUT2D eigenvalue weighted by Gasteiger charge is -2.22. The average molecular weight is 371 g/mol. The number of hydrogen-bond acceptors (Lipinski definition) is 3. The Morgan fingerprint density at radius 2 is 2.19 bits per heavy atom. The molecule has 0 spiro atoms. The van der Waals surface area contributed by atoms with Gasteiger partial charge in [0.1, 0.15) is 5.82 Å². The molecule has 2 aromatic rings. The van der Waals surface area contributed by atoms with E-state index < -0.39 is 0 Å². The van der Waals surface area contributed by atoms with Gasteiger partial charge in [-0.05, 0) is 58.0 Å². The van der Waals surface area contributed by atoms with Crippen molar-refractivity contribution >= 4 is 33.0 Å². The molecular formula is C16H20BrFN2S. The highest BCUT2D eigenvalue weighted by molar-refractivity contribution is 9.11. The zero-order chi connectivity index (χ0) is 15.2. The second-order valence-electron chi connectivity index (χ2n) is 5.03. The van der Waals surface area contributed by atoms with E-state index in [0.717, 1.165) is 34.5 Å². The second-order valence-corrected chi connectivity index (χ2v) is 7.32. The summed E-state index contributed by atoms with van der Waals surface area (Å²) >= 11 is 5.15. The van der Waals surface area contributed by atoms with E-state index in [9.17, 15) is 4.39 Å². The molecule has 0 atom stereocenters. The van der Waals surface area contributed by atoms with E-state index in [2.05, 4.69) is 44.5 Å². The monoisotopic (exact) mass is 370 g/mol. The van der Waals surface area contributed by atoms with Gasteiger partial charge in [-0.15, -0.1) is 11.3 Å². The Bertz CT molecular complexity index is 585. The van der Waals surface area contributed by atoms with E-state index in [0.29, 0.717) is 6.54 Å². The summed E-state index contributed by atoms with van der Waals surface area (Å²) in [5.74, 6) is -0.144. The maximum Gasteiger partial charge on any atom is 0.129 e. The van der Waals surface area contributed by atoms with Crippen molar-refractivity contribution in [3.63, 3.8) is 0 Å². The first-order chi connectivity index (χ1) is 10.1. The van der Waals surface area contributed by atoms with E-state index in [1.54, 1.807) is 17.4 Å². The number of anilines is 1. The molecule has 21 heavy (non-hydrogen) atoms. The Hall–Kier alpha value is -0.910. The lowest BCUT2D eigenvalue weighted by molar-refractivity contribution is 0.585. The highest BCUT2D eigenvalue weighted by Gasteiger charge is 2.12. The molecular weight excluding hydrogens is 351 g/mol. The molecule has 0 aliphatic heterocycles. The minimum atomic E-state index is -0.144. The maximum atomic E-state index is 14.1. The highest BCUT2D eigenvalue weighted by atomic mass is 79.9. The fourth-order valence-electron chi connectivity index (χ4n) is 2.26. The van der Waals surface area contributed by atoms with E-state index >= 15 is 0 Å². The van der Waals surface area contributed by atoms with E-state index in [-0.39, 0.29) is 5.82 Å². The van der Waals surface area contributed by atoms with Crippen LogP contribution in [0.3, 0.4) is 0 Å². The van der Waals surface area contributed by atoms with Crippen LogP contribution in [0.5, 0.6) is 0 Å². The molecule has 1 aromatic carbocycles. The van der Waals surface area contributed by atoms with Gasteiger partial charge in [0.2, 0.25) is 0 Å². The summed E-state index contributed by atoms with van der Waals surface area (Å²) in [6.07, 6.45) is 1.04. The van der Waals surface area contributed by atoms with Gasteiger partial charge in [-0.25, -0.2) is 4.39 Å². The fourth-order valence-corrected chi connectivity index (χ4v) is 3.46. The van der Waals surface area contributed by atoms with Crippen molar-refractivity contribution < 1.29 is 4.39 Å². The molecule has 1 heterocycles. The third-order valence-electron chi connectivity index (χ3n) is 3.28. The van der Waals surface area contributed by atoms with Gasteiger partial charge in [-0.3, -0.25) is 0 Å².